The molecule has 1 aromatic heterocycles. The van der Waals surface area contributed by atoms with Crippen LogP contribution in [0, 0.1) is 0 Å². The van der Waals surface area contributed by atoms with Crippen molar-refractivity contribution in [1.29, 1.82) is 0 Å². The molecule has 8 nitrogen and oxygen atoms in total. The van der Waals surface area contributed by atoms with E-state index in [-0.39, 0.29) is 32.1 Å². The number of aliphatic hydroxyl groups excluding tert-OH is 1. The fourth-order valence-electron chi connectivity index (χ4n) is 3.80. The lowest BCUT2D eigenvalue weighted by Gasteiger charge is -2.15. The number of carbonyl (C=O) groups is 1. The molecule has 1 unspecified atom stereocenters. The van der Waals surface area contributed by atoms with Crippen LogP contribution in [0.1, 0.15) is 30.9 Å². The number of phosphoric acid groups is 1. The first-order chi connectivity index (χ1) is 16.4. The SMILES string of the molecule is CCOP(=O)(O)OCCCCNC(=O)Cc1cnc2c(CCO)cccc2c1-c1ccccc1. The van der Waals surface area contributed by atoms with Crippen LogP contribution >= 0.6 is 7.82 Å². The Morgan fingerprint density at radius 2 is 1.85 bits per heavy atom. The first kappa shape index (κ1) is 26.0. The molecule has 34 heavy (non-hydrogen) atoms. The zero-order valence-corrected chi connectivity index (χ0v) is 20.2. The van der Waals surface area contributed by atoms with Gasteiger partial charge in [0.2, 0.25) is 5.91 Å². The van der Waals surface area contributed by atoms with Gasteiger partial charge in [-0.25, -0.2) is 4.57 Å². The van der Waals surface area contributed by atoms with Gasteiger partial charge >= 0.3 is 7.82 Å². The smallest absolute Gasteiger partial charge is 0.396 e. The first-order valence-electron chi connectivity index (χ1n) is 11.4. The summed E-state index contributed by atoms with van der Waals surface area (Å²) in [5, 5.41) is 13.3. The quantitative estimate of drug-likeness (QED) is 0.247. The van der Waals surface area contributed by atoms with Crippen molar-refractivity contribution >= 4 is 24.6 Å². The number of aliphatic hydroxyl groups is 1. The number of amides is 1. The summed E-state index contributed by atoms with van der Waals surface area (Å²) in [5.74, 6) is -0.132. The van der Waals surface area contributed by atoms with Gasteiger partial charge in [0.05, 0.1) is 25.2 Å². The Balaban J connectivity index is 1.68. The van der Waals surface area contributed by atoms with Gasteiger partial charge in [0.15, 0.2) is 0 Å². The van der Waals surface area contributed by atoms with Gasteiger partial charge in [0.25, 0.3) is 0 Å². The predicted molar refractivity (Wildman–Crippen MR) is 131 cm³/mol. The number of aromatic nitrogens is 1. The summed E-state index contributed by atoms with van der Waals surface area (Å²) in [6, 6.07) is 15.8. The summed E-state index contributed by atoms with van der Waals surface area (Å²) in [4.78, 5) is 26.7. The molecule has 0 fully saturated rings. The Labute approximate surface area is 199 Å². The third-order valence-corrected chi connectivity index (χ3v) is 6.39. The highest BCUT2D eigenvalue weighted by Gasteiger charge is 2.19. The highest BCUT2D eigenvalue weighted by atomic mass is 31.2. The normalized spacial score (nSPS) is 13.0. The molecule has 0 spiro atoms. The van der Waals surface area contributed by atoms with Gasteiger partial charge in [0, 0.05) is 24.7 Å². The maximum Gasteiger partial charge on any atom is 0.472 e. The molecule has 0 saturated heterocycles. The molecular formula is C25H31N2O6P. The lowest BCUT2D eigenvalue weighted by Crippen LogP contribution is -2.26. The number of hydrogen-bond donors (Lipinski definition) is 3. The van der Waals surface area contributed by atoms with Gasteiger partial charge in [0.1, 0.15) is 0 Å². The first-order valence-corrected chi connectivity index (χ1v) is 12.9. The summed E-state index contributed by atoms with van der Waals surface area (Å²) in [6.07, 6.45) is 3.54. The average molecular weight is 487 g/mol. The number of unbranched alkanes of at least 4 members (excludes halogenated alkanes) is 1. The zero-order valence-electron chi connectivity index (χ0n) is 19.3. The number of benzene rings is 2. The Bertz CT molecular complexity index is 1140. The summed E-state index contributed by atoms with van der Waals surface area (Å²) in [7, 11) is -3.98. The second-order valence-corrected chi connectivity index (χ2v) is 9.22. The van der Waals surface area contributed by atoms with Gasteiger partial charge < -0.3 is 15.3 Å². The van der Waals surface area contributed by atoms with Crippen molar-refractivity contribution < 1.29 is 28.4 Å². The van der Waals surface area contributed by atoms with E-state index in [1.807, 2.05) is 48.5 Å². The van der Waals surface area contributed by atoms with E-state index in [1.54, 1.807) is 13.1 Å². The molecule has 0 saturated carbocycles. The molecule has 0 aliphatic heterocycles. The van der Waals surface area contributed by atoms with Crippen LogP contribution in [0.15, 0.2) is 54.7 Å². The summed E-state index contributed by atoms with van der Waals surface area (Å²) >= 11 is 0. The van der Waals surface area contributed by atoms with Gasteiger partial charge in [-0.15, -0.1) is 0 Å². The Kier molecular flexibility index (Phi) is 9.74. The van der Waals surface area contributed by atoms with Gasteiger partial charge in [-0.2, -0.15) is 0 Å². The molecule has 1 atom stereocenters. The maximum absolute atomic E-state index is 12.7. The molecule has 182 valence electrons. The third kappa shape index (κ3) is 7.19. The van der Waals surface area contributed by atoms with Crippen LogP contribution in [-0.2, 0) is 31.2 Å². The molecule has 3 rings (SSSR count). The number of nitrogens with zero attached hydrogens (tertiary/aromatic N) is 1. The number of para-hydroxylation sites is 1. The van der Waals surface area contributed by atoms with E-state index >= 15 is 0 Å². The number of nitrogens with one attached hydrogen (secondary N) is 1. The number of rotatable bonds is 13. The minimum absolute atomic E-state index is 0.0398. The standard InChI is InChI=1S/C25H31N2O6P/c1-2-32-34(30,31)33-16-7-6-14-26-23(29)17-21-18-27-25-20(13-15-28)11-8-12-22(25)24(21)19-9-4-3-5-10-19/h3-5,8-12,18,28H,2,6-7,13-17H2,1H3,(H,26,29)(H,30,31). The van der Waals surface area contributed by atoms with E-state index in [4.69, 9.17) is 4.52 Å². The fourth-order valence-corrected chi connectivity index (χ4v) is 4.56. The van der Waals surface area contributed by atoms with Crippen LogP contribution in [-0.4, -0.2) is 47.3 Å². The molecule has 0 aliphatic carbocycles. The van der Waals surface area contributed by atoms with Crippen LogP contribution in [0.5, 0.6) is 0 Å². The monoisotopic (exact) mass is 486 g/mol. The van der Waals surface area contributed by atoms with Crippen molar-refractivity contribution in [3.63, 3.8) is 0 Å². The summed E-state index contributed by atoms with van der Waals surface area (Å²) < 4.78 is 21.0. The molecular weight excluding hydrogens is 455 g/mol. The van der Waals surface area contributed by atoms with Crippen molar-refractivity contribution in [1.82, 2.24) is 10.3 Å². The lowest BCUT2D eigenvalue weighted by molar-refractivity contribution is -0.120. The van der Waals surface area contributed by atoms with E-state index in [1.165, 1.54) is 0 Å². The van der Waals surface area contributed by atoms with Crippen molar-refractivity contribution in [3.05, 3.63) is 65.9 Å². The number of fused-ring (bicyclic) bond motifs is 1. The second-order valence-electron chi connectivity index (χ2n) is 7.76. The van der Waals surface area contributed by atoms with Crippen LogP contribution in [0.25, 0.3) is 22.0 Å². The molecule has 3 N–H and O–H groups in total. The van der Waals surface area contributed by atoms with Gasteiger partial charge in [-0.3, -0.25) is 18.8 Å². The average Bonchev–Trinajstić information content (AvgIpc) is 2.82. The lowest BCUT2D eigenvalue weighted by atomic mass is 9.93. The van der Waals surface area contributed by atoms with E-state index in [2.05, 4.69) is 14.8 Å². The van der Waals surface area contributed by atoms with Crippen LogP contribution in [0.2, 0.25) is 0 Å². The molecule has 0 bridgehead atoms. The Morgan fingerprint density at radius 1 is 1.06 bits per heavy atom. The number of pyridine rings is 1. The van der Waals surface area contributed by atoms with Crippen LogP contribution in [0.4, 0.5) is 0 Å². The van der Waals surface area contributed by atoms with E-state index in [0.717, 1.165) is 33.2 Å². The highest BCUT2D eigenvalue weighted by molar-refractivity contribution is 7.47. The fraction of sp³-hybridized carbons (Fsp3) is 0.360. The third-order valence-electron chi connectivity index (χ3n) is 5.29. The number of carbonyl (C=O) groups excluding carboxylic acids is 1. The van der Waals surface area contributed by atoms with E-state index in [9.17, 15) is 19.4 Å². The van der Waals surface area contributed by atoms with Crippen molar-refractivity contribution in [2.45, 2.75) is 32.6 Å². The topological polar surface area (TPSA) is 118 Å². The minimum atomic E-state index is -3.98. The van der Waals surface area contributed by atoms with Crippen molar-refractivity contribution in [2.24, 2.45) is 0 Å². The minimum Gasteiger partial charge on any atom is -0.396 e. The van der Waals surface area contributed by atoms with Gasteiger partial charge in [-0.05, 0) is 48.4 Å². The molecule has 9 heteroatoms. The summed E-state index contributed by atoms with van der Waals surface area (Å²) in [6.45, 7) is 2.25. The van der Waals surface area contributed by atoms with E-state index in [0.29, 0.717) is 25.8 Å². The largest absolute Gasteiger partial charge is 0.472 e. The maximum atomic E-state index is 12.7. The molecule has 1 heterocycles. The van der Waals surface area contributed by atoms with E-state index < -0.39 is 7.82 Å². The number of phosphoric ester groups is 1. The molecule has 3 aromatic rings. The molecule has 0 radical (unpaired) electrons. The van der Waals surface area contributed by atoms with Crippen LogP contribution in [0.3, 0.4) is 0 Å². The number of hydrogen-bond acceptors (Lipinski definition) is 6. The molecule has 0 aliphatic rings. The Morgan fingerprint density at radius 3 is 2.59 bits per heavy atom. The zero-order chi connectivity index (χ0) is 24.4. The highest BCUT2D eigenvalue weighted by Crippen LogP contribution is 2.42. The molecule has 1 amide bonds. The Hall–Kier alpha value is -2.61. The van der Waals surface area contributed by atoms with Gasteiger partial charge in [-0.1, -0.05) is 48.5 Å². The van der Waals surface area contributed by atoms with Crippen molar-refractivity contribution in [2.75, 3.05) is 26.4 Å². The molecule has 2 aromatic carbocycles. The van der Waals surface area contributed by atoms with Crippen molar-refractivity contribution in [3.8, 4) is 11.1 Å². The summed E-state index contributed by atoms with van der Waals surface area (Å²) in [5.41, 5.74) is 4.57. The van der Waals surface area contributed by atoms with Crippen LogP contribution < -0.4 is 5.32 Å². The predicted octanol–water partition coefficient (Wildman–Crippen LogP) is 4.03. The second kappa shape index (κ2) is 12.7.